The van der Waals surface area contributed by atoms with Crippen molar-refractivity contribution in [2.24, 2.45) is 0 Å². The highest BCUT2D eigenvalue weighted by atomic mass is 19.4. The largest absolute Gasteiger partial charge is 0.481 e. The lowest BCUT2D eigenvalue weighted by molar-refractivity contribution is -0.141. The maximum atomic E-state index is 13.0. The molecule has 0 aliphatic carbocycles. The maximum Gasteiger partial charge on any atom is 0.416 e. The van der Waals surface area contributed by atoms with Gasteiger partial charge in [-0.15, -0.1) is 0 Å². The molecule has 0 unspecified atom stereocenters. The van der Waals surface area contributed by atoms with Gasteiger partial charge in [0, 0.05) is 6.92 Å². The van der Waals surface area contributed by atoms with E-state index in [9.17, 15) is 27.2 Å². The van der Waals surface area contributed by atoms with Crippen LogP contribution >= 0.6 is 0 Å². The summed E-state index contributed by atoms with van der Waals surface area (Å²) in [6, 6.07) is 0.483. The van der Waals surface area contributed by atoms with Crippen molar-refractivity contribution in [3.63, 3.8) is 0 Å². The average Bonchev–Trinajstić information content (AvgIpc) is 2.25. The summed E-state index contributed by atoms with van der Waals surface area (Å²) in [4.78, 5) is 21.7. The molecule has 4 nitrogen and oxygen atoms in total. The quantitative estimate of drug-likeness (QED) is 0.838. The molecule has 1 aromatic carbocycles. The zero-order chi connectivity index (χ0) is 15.5. The Balaban J connectivity index is 3.31. The molecule has 110 valence electrons. The number of aliphatic carboxylic acids is 1. The summed E-state index contributed by atoms with van der Waals surface area (Å²) < 4.78 is 51.5. The summed E-state index contributed by atoms with van der Waals surface area (Å²) >= 11 is 0. The number of rotatable bonds is 4. The molecule has 0 bridgehead atoms. The van der Waals surface area contributed by atoms with Gasteiger partial charge in [0.25, 0.3) is 0 Å². The molecular formula is C12H11F4NO3. The van der Waals surface area contributed by atoms with E-state index in [2.05, 4.69) is 5.32 Å². The summed E-state index contributed by atoms with van der Waals surface area (Å²) in [5, 5.41) is 10.8. The highest BCUT2D eigenvalue weighted by Gasteiger charge is 2.36. The minimum atomic E-state index is -4.85. The molecular weight excluding hydrogens is 282 g/mol. The van der Waals surface area contributed by atoms with Crippen LogP contribution in [0.3, 0.4) is 0 Å². The van der Waals surface area contributed by atoms with Gasteiger partial charge in [-0.1, -0.05) is 6.07 Å². The summed E-state index contributed by atoms with van der Waals surface area (Å²) in [7, 11) is 0. The lowest BCUT2D eigenvalue weighted by Crippen LogP contribution is -2.30. The van der Waals surface area contributed by atoms with Gasteiger partial charge < -0.3 is 10.4 Å². The van der Waals surface area contributed by atoms with Crippen LogP contribution in [0.5, 0.6) is 0 Å². The Labute approximate surface area is 111 Å². The van der Waals surface area contributed by atoms with Crippen LogP contribution in [0.15, 0.2) is 18.2 Å². The van der Waals surface area contributed by atoms with Crippen molar-refractivity contribution < 1.29 is 32.3 Å². The lowest BCUT2D eigenvalue weighted by Gasteiger charge is -2.21. The molecule has 1 aromatic rings. The normalized spacial score (nSPS) is 12.8. The molecule has 0 radical (unpaired) electrons. The fourth-order valence-electron chi connectivity index (χ4n) is 1.74. The molecule has 20 heavy (non-hydrogen) atoms. The van der Waals surface area contributed by atoms with E-state index in [0.29, 0.717) is 0 Å². The van der Waals surface area contributed by atoms with E-state index in [1.165, 1.54) is 0 Å². The topological polar surface area (TPSA) is 66.4 Å². The van der Waals surface area contributed by atoms with Gasteiger partial charge in [-0.05, 0) is 17.7 Å². The van der Waals surface area contributed by atoms with E-state index in [1.54, 1.807) is 0 Å². The first-order chi connectivity index (χ1) is 9.11. The van der Waals surface area contributed by atoms with E-state index in [1.807, 2.05) is 0 Å². The molecule has 8 heteroatoms. The van der Waals surface area contributed by atoms with Crippen LogP contribution in [0.2, 0.25) is 0 Å². The number of carbonyl (C=O) groups is 2. The summed E-state index contributed by atoms with van der Waals surface area (Å²) in [6.07, 6.45) is -5.60. The molecule has 1 atom stereocenters. The maximum absolute atomic E-state index is 13.0. The van der Waals surface area contributed by atoms with Gasteiger partial charge in [-0.2, -0.15) is 13.2 Å². The van der Waals surface area contributed by atoms with Crippen LogP contribution in [-0.2, 0) is 15.8 Å². The summed E-state index contributed by atoms with van der Waals surface area (Å²) in [6.45, 7) is 1.05. The molecule has 0 aromatic heterocycles. The number of nitrogens with one attached hydrogen (secondary N) is 1. The highest BCUT2D eigenvalue weighted by Crippen LogP contribution is 2.36. The second-order valence-corrected chi connectivity index (χ2v) is 4.08. The zero-order valence-corrected chi connectivity index (χ0v) is 10.3. The van der Waals surface area contributed by atoms with Gasteiger partial charge in [0.05, 0.1) is 18.0 Å². The minimum absolute atomic E-state index is 0.270. The van der Waals surface area contributed by atoms with E-state index in [4.69, 9.17) is 5.11 Å². The minimum Gasteiger partial charge on any atom is -0.481 e. The van der Waals surface area contributed by atoms with Gasteiger partial charge in [0.2, 0.25) is 5.91 Å². The van der Waals surface area contributed by atoms with Crippen molar-refractivity contribution in [2.45, 2.75) is 25.6 Å². The third kappa shape index (κ3) is 4.22. The number of hydrogen-bond donors (Lipinski definition) is 2. The Hall–Kier alpha value is -2.12. The van der Waals surface area contributed by atoms with Gasteiger partial charge in [0.1, 0.15) is 5.82 Å². The van der Waals surface area contributed by atoms with E-state index in [0.717, 1.165) is 19.1 Å². The van der Waals surface area contributed by atoms with Crippen molar-refractivity contribution in [3.05, 3.63) is 35.1 Å². The molecule has 0 heterocycles. The van der Waals surface area contributed by atoms with Crippen LogP contribution in [-0.4, -0.2) is 17.0 Å². The SMILES string of the molecule is CC(=O)N[C@@H](CC(=O)O)c1ccc(F)cc1C(F)(F)F. The van der Waals surface area contributed by atoms with Crippen molar-refractivity contribution in [2.75, 3.05) is 0 Å². The standard InChI is InChI=1S/C12H11F4NO3/c1-6(18)17-10(5-11(19)20)8-3-2-7(13)4-9(8)12(14,15)16/h2-4,10H,5H2,1H3,(H,17,18)(H,19,20)/t10-/m0/s1. The number of carboxylic acid groups (broad SMARTS) is 1. The molecule has 0 spiro atoms. The van der Waals surface area contributed by atoms with Crippen LogP contribution < -0.4 is 5.32 Å². The number of halogens is 4. The van der Waals surface area contributed by atoms with E-state index in [-0.39, 0.29) is 6.07 Å². The Morgan fingerprint density at radius 2 is 1.95 bits per heavy atom. The second-order valence-electron chi connectivity index (χ2n) is 4.08. The molecule has 0 aliphatic rings. The number of carboxylic acids is 1. The predicted molar refractivity (Wildman–Crippen MR) is 60.2 cm³/mol. The number of carbonyl (C=O) groups excluding carboxylic acids is 1. The van der Waals surface area contributed by atoms with Gasteiger partial charge in [-0.25, -0.2) is 4.39 Å². The van der Waals surface area contributed by atoms with Crippen molar-refractivity contribution in [1.82, 2.24) is 5.32 Å². The Morgan fingerprint density at radius 3 is 2.40 bits per heavy atom. The molecule has 0 saturated carbocycles. The smallest absolute Gasteiger partial charge is 0.416 e. The summed E-state index contributed by atoms with van der Waals surface area (Å²) in [5.41, 5.74) is -1.80. The fraction of sp³-hybridized carbons (Fsp3) is 0.333. The van der Waals surface area contributed by atoms with Crippen LogP contribution in [0.25, 0.3) is 0 Å². The van der Waals surface area contributed by atoms with Crippen molar-refractivity contribution >= 4 is 11.9 Å². The third-order valence-electron chi connectivity index (χ3n) is 2.45. The van der Waals surface area contributed by atoms with E-state index < -0.39 is 47.5 Å². The van der Waals surface area contributed by atoms with Gasteiger partial charge in [-0.3, -0.25) is 9.59 Å². The van der Waals surface area contributed by atoms with Crippen molar-refractivity contribution in [3.8, 4) is 0 Å². The monoisotopic (exact) mass is 293 g/mol. The average molecular weight is 293 g/mol. The molecule has 1 amide bonds. The molecule has 2 N–H and O–H groups in total. The van der Waals surface area contributed by atoms with Gasteiger partial charge >= 0.3 is 12.1 Å². The Morgan fingerprint density at radius 1 is 1.35 bits per heavy atom. The lowest BCUT2D eigenvalue weighted by atomic mass is 9.97. The Bertz CT molecular complexity index is 512. The van der Waals surface area contributed by atoms with Gasteiger partial charge in [0.15, 0.2) is 0 Å². The van der Waals surface area contributed by atoms with Crippen LogP contribution in [0.1, 0.15) is 30.5 Å². The first-order valence-corrected chi connectivity index (χ1v) is 5.46. The first kappa shape index (κ1) is 15.9. The molecule has 0 aliphatic heterocycles. The second kappa shape index (κ2) is 5.89. The zero-order valence-electron chi connectivity index (χ0n) is 10.3. The highest BCUT2D eigenvalue weighted by molar-refractivity contribution is 5.75. The van der Waals surface area contributed by atoms with Crippen molar-refractivity contribution in [1.29, 1.82) is 0 Å². The number of hydrogen-bond acceptors (Lipinski definition) is 2. The molecule has 1 rings (SSSR count). The van der Waals surface area contributed by atoms with Crippen LogP contribution in [0.4, 0.5) is 17.6 Å². The molecule has 0 saturated heterocycles. The number of amides is 1. The fourth-order valence-corrected chi connectivity index (χ4v) is 1.74. The molecule has 0 fully saturated rings. The first-order valence-electron chi connectivity index (χ1n) is 5.46. The number of alkyl halides is 3. The van der Waals surface area contributed by atoms with E-state index >= 15 is 0 Å². The number of benzene rings is 1. The predicted octanol–water partition coefficient (Wildman–Crippen LogP) is 2.50. The Kier molecular flexibility index (Phi) is 4.69. The third-order valence-corrected chi connectivity index (χ3v) is 2.45. The van der Waals surface area contributed by atoms with Crippen LogP contribution in [0, 0.1) is 5.82 Å². The summed E-state index contributed by atoms with van der Waals surface area (Å²) in [5.74, 6) is -3.17.